The molecule has 0 saturated carbocycles. The Morgan fingerprint density at radius 3 is 2.38 bits per heavy atom. The van der Waals surface area contributed by atoms with Gasteiger partial charge in [-0.25, -0.2) is 4.98 Å². The molecular formula is C21H20ClN3O3S. The molecule has 1 atom stereocenters. The standard InChI is InChI=1S/C21H20ClN3O3S/c1-12(23-20(27)15-4-8-16(22)9-5-15)19(26)25-21-24-18(13(2)29-21)14-6-10-17(28-3)11-7-14/h4-12H,1-3H3,(H,23,27)(H,24,25,26). The van der Waals surface area contributed by atoms with Crippen LogP contribution in [-0.4, -0.2) is 29.9 Å². The van der Waals surface area contributed by atoms with E-state index in [1.54, 1.807) is 38.3 Å². The van der Waals surface area contributed by atoms with Crippen molar-refractivity contribution in [1.29, 1.82) is 0 Å². The first-order chi connectivity index (χ1) is 13.9. The molecule has 2 aromatic carbocycles. The monoisotopic (exact) mass is 429 g/mol. The zero-order valence-electron chi connectivity index (χ0n) is 16.2. The molecule has 3 rings (SSSR count). The molecule has 6 nitrogen and oxygen atoms in total. The lowest BCUT2D eigenvalue weighted by Gasteiger charge is -2.13. The van der Waals surface area contributed by atoms with E-state index in [2.05, 4.69) is 15.6 Å². The average molecular weight is 430 g/mol. The number of aromatic nitrogens is 1. The van der Waals surface area contributed by atoms with Gasteiger partial charge in [-0.3, -0.25) is 9.59 Å². The molecule has 0 aliphatic carbocycles. The number of hydrogen-bond acceptors (Lipinski definition) is 5. The Bertz CT molecular complexity index is 1020. The van der Waals surface area contributed by atoms with E-state index in [-0.39, 0.29) is 11.8 Å². The van der Waals surface area contributed by atoms with E-state index < -0.39 is 6.04 Å². The minimum Gasteiger partial charge on any atom is -0.497 e. The van der Waals surface area contributed by atoms with E-state index in [1.807, 2.05) is 31.2 Å². The second-order valence-electron chi connectivity index (χ2n) is 6.34. The molecule has 0 aliphatic heterocycles. The molecule has 2 amide bonds. The van der Waals surface area contributed by atoms with Crippen LogP contribution in [-0.2, 0) is 4.79 Å². The predicted octanol–water partition coefficient (Wildman–Crippen LogP) is 4.54. The highest BCUT2D eigenvalue weighted by Crippen LogP contribution is 2.31. The van der Waals surface area contributed by atoms with Gasteiger partial charge in [0.25, 0.3) is 5.91 Å². The van der Waals surface area contributed by atoms with Gasteiger partial charge in [0.1, 0.15) is 11.8 Å². The fraction of sp³-hybridized carbons (Fsp3) is 0.190. The number of halogens is 1. The van der Waals surface area contributed by atoms with Gasteiger partial charge in [-0.2, -0.15) is 0 Å². The van der Waals surface area contributed by atoms with E-state index in [9.17, 15) is 9.59 Å². The van der Waals surface area contributed by atoms with Gasteiger partial charge in [-0.15, -0.1) is 11.3 Å². The summed E-state index contributed by atoms with van der Waals surface area (Å²) in [5, 5.41) is 6.46. The van der Waals surface area contributed by atoms with E-state index in [4.69, 9.17) is 16.3 Å². The molecule has 150 valence electrons. The van der Waals surface area contributed by atoms with Gasteiger partial charge < -0.3 is 15.4 Å². The fourth-order valence-corrected chi connectivity index (χ4v) is 3.59. The van der Waals surface area contributed by atoms with Gasteiger partial charge in [0.05, 0.1) is 12.8 Å². The molecule has 3 aromatic rings. The van der Waals surface area contributed by atoms with Crippen LogP contribution in [0.15, 0.2) is 48.5 Å². The van der Waals surface area contributed by atoms with Crippen LogP contribution in [0.4, 0.5) is 5.13 Å². The van der Waals surface area contributed by atoms with E-state index in [0.29, 0.717) is 15.7 Å². The number of thiazole rings is 1. The number of benzene rings is 2. The second-order valence-corrected chi connectivity index (χ2v) is 7.98. The highest BCUT2D eigenvalue weighted by molar-refractivity contribution is 7.16. The summed E-state index contributed by atoms with van der Waals surface area (Å²) in [4.78, 5) is 30.2. The van der Waals surface area contributed by atoms with Crippen molar-refractivity contribution >= 4 is 39.9 Å². The number of carbonyl (C=O) groups is 2. The molecule has 0 radical (unpaired) electrons. The zero-order chi connectivity index (χ0) is 21.0. The van der Waals surface area contributed by atoms with E-state index in [0.717, 1.165) is 21.9 Å². The minimum absolute atomic E-state index is 0.345. The summed E-state index contributed by atoms with van der Waals surface area (Å²) in [5.74, 6) is 0.0707. The Balaban J connectivity index is 1.65. The maximum absolute atomic E-state index is 12.5. The zero-order valence-corrected chi connectivity index (χ0v) is 17.7. The Kier molecular flexibility index (Phi) is 6.51. The van der Waals surface area contributed by atoms with Gasteiger partial charge in [0.15, 0.2) is 5.13 Å². The largest absolute Gasteiger partial charge is 0.497 e. The number of nitrogens with one attached hydrogen (secondary N) is 2. The van der Waals surface area contributed by atoms with Crippen molar-refractivity contribution in [3.63, 3.8) is 0 Å². The molecule has 29 heavy (non-hydrogen) atoms. The van der Waals surface area contributed by atoms with Gasteiger partial charge in [0, 0.05) is 21.0 Å². The molecule has 0 aliphatic rings. The van der Waals surface area contributed by atoms with Crippen LogP contribution in [0.2, 0.25) is 5.02 Å². The van der Waals surface area contributed by atoms with Crippen LogP contribution >= 0.6 is 22.9 Å². The average Bonchev–Trinajstić information content (AvgIpc) is 3.08. The van der Waals surface area contributed by atoms with Crippen LogP contribution in [0.1, 0.15) is 22.2 Å². The van der Waals surface area contributed by atoms with Crippen LogP contribution < -0.4 is 15.4 Å². The SMILES string of the molecule is COc1ccc(-c2nc(NC(=O)C(C)NC(=O)c3ccc(Cl)cc3)sc2C)cc1. The summed E-state index contributed by atoms with van der Waals surface area (Å²) >= 11 is 7.21. The van der Waals surface area contributed by atoms with Crippen molar-refractivity contribution in [2.75, 3.05) is 12.4 Å². The number of amides is 2. The van der Waals surface area contributed by atoms with Crippen molar-refractivity contribution in [3.8, 4) is 17.0 Å². The normalized spacial score (nSPS) is 11.6. The predicted molar refractivity (Wildman–Crippen MR) is 116 cm³/mol. The molecule has 1 unspecified atom stereocenters. The minimum atomic E-state index is -0.730. The third-order valence-electron chi connectivity index (χ3n) is 4.24. The Morgan fingerprint density at radius 1 is 1.10 bits per heavy atom. The van der Waals surface area contributed by atoms with Crippen molar-refractivity contribution in [2.24, 2.45) is 0 Å². The third-order valence-corrected chi connectivity index (χ3v) is 5.38. The fourth-order valence-electron chi connectivity index (χ4n) is 2.63. The Morgan fingerprint density at radius 2 is 1.76 bits per heavy atom. The maximum atomic E-state index is 12.5. The molecule has 0 spiro atoms. The first kappa shape index (κ1) is 20.8. The van der Waals surface area contributed by atoms with Crippen LogP contribution in [0, 0.1) is 6.92 Å². The number of carbonyl (C=O) groups excluding carboxylic acids is 2. The van der Waals surface area contributed by atoms with Gasteiger partial charge >= 0.3 is 0 Å². The van der Waals surface area contributed by atoms with Gasteiger partial charge in [0.2, 0.25) is 5.91 Å². The number of nitrogens with zero attached hydrogens (tertiary/aromatic N) is 1. The van der Waals surface area contributed by atoms with Crippen LogP contribution in [0.5, 0.6) is 5.75 Å². The van der Waals surface area contributed by atoms with E-state index in [1.165, 1.54) is 11.3 Å². The highest BCUT2D eigenvalue weighted by Gasteiger charge is 2.19. The van der Waals surface area contributed by atoms with Crippen LogP contribution in [0.25, 0.3) is 11.3 Å². The first-order valence-electron chi connectivity index (χ1n) is 8.86. The lowest BCUT2D eigenvalue weighted by atomic mass is 10.1. The quantitative estimate of drug-likeness (QED) is 0.603. The molecule has 1 heterocycles. The summed E-state index contributed by atoms with van der Waals surface area (Å²) in [7, 11) is 1.61. The first-order valence-corrected chi connectivity index (χ1v) is 10.1. The topological polar surface area (TPSA) is 80.3 Å². The second kappa shape index (κ2) is 9.07. The lowest BCUT2D eigenvalue weighted by Crippen LogP contribution is -2.41. The van der Waals surface area contributed by atoms with Crippen molar-refractivity contribution in [1.82, 2.24) is 10.3 Å². The molecule has 2 N–H and O–H groups in total. The summed E-state index contributed by atoms with van der Waals surface area (Å²) in [6.45, 7) is 3.56. The summed E-state index contributed by atoms with van der Waals surface area (Å²) in [5.41, 5.74) is 2.16. The van der Waals surface area contributed by atoms with Crippen molar-refractivity contribution < 1.29 is 14.3 Å². The smallest absolute Gasteiger partial charge is 0.251 e. The maximum Gasteiger partial charge on any atom is 0.251 e. The molecule has 0 saturated heterocycles. The number of hydrogen-bond donors (Lipinski definition) is 2. The number of ether oxygens (including phenoxy) is 1. The molecule has 0 bridgehead atoms. The number of rotatable bonds is 6. The summed E-state index contributed by atoms with van der Waals surface area (Å²) < 4.78 is 5.17. The number of aryl methyl sites for hydroxylation is 1. The Labute approximate surface area is 177 Å². The molecule has 8 heteroatoms. The van der Waals surface area contributed by atoms with Gasteiger partial charge in [-0.05, 0) is 62.4 Å². The summed E-state index contributed by atoms with van der Waals surface area (Å²) in [6, 6.07) is 13.3. The van der Waals surface area contributed by atoms with Crippen molar-refractivity contribution in [3.05, 3.63) is 64.0 Å². The molecule has 1 aromatic heterocycles. The van der Waals surface area contributed by atoms with Gasteiger partial charge in [-0.1, -0.05) is 11.6 Å². The van der Waals surface area contributed by atoms with Crippen molar-refractivity contribution in [2.45, 2.75) is 19.9 Å². The Hall–Kier alpha value is -2.90. The van der Waals surface area contributed by atoms with Crippen LogP contribution in [0.3, 0.4) is 0 Å². The summed E-state index contributed by atoms with van der Waals surface area (Å²) in [6.07, 6.45) is 0. The molecule has 0 fully saturated rings. The number of methoxy groups -OCH3 is 1. The lowest BCUT2D eigenvalue weighted by molar-refractivity contribution is -0.117. The molecular weight excluding hydrogens is 410 g/mol. The van der Waals surface area contributed by atoms with E-state index >= 15 is 0 Å². The highest BCUT2D eigenvalue weighted by atomic mass is 35.5. The third kappa shape index (κ3) is 5.13. The number of anilines is 1.